The predicted molar refractivity (Wildman–Crippen MR) is 81.2 cm³/mol. The average Bonchev–Trinajstić information content (AvgIpc) is 2.38. The smallest absolute Gasteiger partial charge is 0.142 e. The van der Waals surface area contributed by atoms with Gasteiger partial charge < -0.3 is 5.32 Å². The third-order valence-corrected chi connectivity index (χ3v) is 4.24. The van der Waals surface area contributed by atoms with E-state index in [-0.39, 0.29) is 10.8 Å². The van der Waals surface area contributed by atoms with Gasteiger partial charge in [0.2, 0.25) is 0 Å². The molecular weight excluding hydrogens is 261 g/mol. The molecule has 0 saturated heterocycles. The molecule has 0 heterocycles. The molecule has 0 amide bonds. The van der Waals surface area contributed by atoms with Crippen LogP contribution in [0.2, 0.25) is 5.02 Å². The number of halogens is 2. The monoisotopic (exact) mass is 285 g/mol. The molecule has 0 aromatic heterocycles. The Balaban J connectivity index is 2.84. The van der Waals surface area contributed by atoms with E-state index in [1.807, 2.05) is 6.07 Å². The van der Waals surface area contributed by atoms with Gasteiger partial charge in [0.05, 0.1) is 5.02 Å². The minimum absolute atomic E-state index is 0.266. The van der Waals surface area contributed by atoms with Crippen molar-refractivity contribution in [1.82, 2.24) is 5.32 Å². The normalized spacial score (nSPS) is 14.7. The molecule has 19 heavy (non-hydrogen) atoms. The van der Waals surface area contributed by atoms with Crippen molar-refractivity contribution in [3.63, 3.8) is 0 Å². The standard InChI is InChI=1S/C16H25ClFN/c1-5-9-19-15(12(4)11(2)3)10-13-7-6-8-14(18)16(13)17/h6-8,11-12,15,19H,5,9-10H2,1-4H3. The summed E-state index contributed by atoms with van der Waals surface area (Å²) in [7, 11) is 0. The van der Waals surface area contributed by atoms with Crippen LogP contribution in [0, 0.1) is 17.7 Å². The molecule has 0 aliphatic rings. The van der Waals surface area contributed by atoms with Crippen molar-refractivity contribution in [3.8, 4) is 0 Å². The van der Waals surface area contributed by atoms with Gasteiger partial charge >= 0.3 is 0 Å². The van der Waals surface area contributed by atoms with Gasteiger partial charge in [-0.3, -0.25) is 0 Å². The Labute approximate surface area is 121 Å². The zero-order valence-corrected chi connectivity index (χ0v) is 13.1. The van der Waals surface area contributed by atoms with Crippen LogP contribution in [-0.2, 0) is 6.42 Å². The lowest BCUT2D eigenvalue weighted by Crippen LogP contribution is -2.39. The molecule has 0 bridgehead atoms. The number of hydrogen-bond donors (Lipinski definition) is 1. The van der Waals surface area contributed by atoms with Crippen molar-refractivity contribution in [1.29, 1.82) is 0 Å². The number of benzene rings is 1. The fraction of sp³-hybridized carbons (Fsp3) is 0.625. The highest BCUT2D eigenvalue weighted by atomic mass is 35.5. The first-order valence-corrected chi connectivity index (χ1v) is 7.51. The SMILES string of the molecule is CCCNC(Cc1cccc(F)c1Cl)C(C)C(C)C. The van der Waals surface area contributed by atoms with Crippen LogP contribution in [-0.4, -0.2) is 12.6 Å². The molecule has 1 nitrogen and oxygen atoms in total. The maximum absolute atomic E-state index is 13.5. The molecule has 1 aromatic carbocycles. The van der Waals surface area contributed by atoms with Gasteiger partial charge in [0.15, 0.2) is 0 Å². The fourth-order valence-electron chi connectivity index (χ4n) is 2.18. The fourth-order valence-corrected chi connectivity index (χ4v) is 2.38. The molecule has 0 spiro atoms. The molecule has 0 saturated carbocycles. The average molecular weight is 286 g/mol. The maximum atomic E-state index is 13.5. The van der Waals surface area contributed by atoms with E-state index in [0.717, 1.165) is 24.9 Å². The Morgan fingerprint density at radius 2 is 1.95 bits per heavy atom. The van der Waals surface area contributed by atoms with E-state index < -0.39 is 0 Å². The molecule has 1 N–H and O–H groups in total. The van der Waals surface area contributed by atoms with E-state index in [4.69, 9.17) is 11.6 Å². The van der Waals surface area contributed by atoms with Crippen LogP contribution in [0.25, 0.3) is 0 Å². The second-order valence-electron chi connectivity index (χ2n) is 5.58. The lowest BCUT2D eigenvalue weighted by atomic mass is 9.86. The van der Waals surface area contributed by atoms with E-state index in [9.17, 15) is 4.39 Å². The molecule has 3 heteroatoms. The Bertz CT molecular complexity index is 392. The summed E-state index contributed by atoms with van der Waals surface area (Å²) in [5, 5.41) is 3.83. The topological polar surface area (TPSA) is 12.0 Å². The zero-order valence-electron chi connectivity index (χ0n) is 12.3. The predicted octanol–water partition coefficient (Wildman–Crippen LogP) is 4.68. The minimum Gasteiger partial charge on any atom is -0.313 e. The first kappa shape index (κ1) is 16.5. The summed E-state index contributed by atoms with van der Waals surface area (Å²) in [6.45, 7) is 9.82. The number of nitrogens with one attached hydrogen (secondary N) is 1. The van der Waals surface area contributed by atoms with E-state index in [0.29, 0.717) is 17.9 Å². The summed E-state index contributed by atoms with van der Waals surface area (Å²) in [6.07, 6.45) is 1.87. The van der Waals surface area contributed by atoms with Gasteiger partial charge in [0.1, 0.15) is 5.82 Å². The molecular formula is C16H25ClFN. The molecule has 1 aromatic rings. The van der Waals surface area contributed by atoms with Gasteiger partial charge in [0, 0.05) is 6.04 Å². The highest BCUT2D eigenvalue weighted by molar-refractivity contribution is 6.31. The van der Waals surface area contributed by atoms with Crippen LogP contribution in [0.4, 0.5) is 4.39 Å². The van der Waals surface area contributed by atoms with Crippen LogP contribution in [0.15, 0.2) is 18.2 Å². The van der Waals surface area contributed by atoms with Crippen LogP contribution < -0.4 is 5.32 Å². The van der Waals surface area contributed by atoms with Crippen molar-refractivity contribution in [2.75, 3.05) is 6.54 Å². The van der Waals surface area contributed by atoms with Crippen LogP contribution >= 0.6 is 11.6 Å². The Kier molecular flexibility index (Phi) is 6.81. The van der Waals surface area contributed by atoms with Crippen molar-refractivity contribution in [2.45, 2.75) is 46.6 Å². The van der Waals surface area contributed by atoms with E-state index in [2.05, 4.69) is 33.0 Å². The summed E-state index contributed by atoms with van der Waals surface area (Å²) in [6, 6.07) is 5.39. The van der Waals surface area contributed by atoms with Gasteiger partial charge in [-0.2, -0.15) is 0 Å². The molecule has 2 unspecified atom stereocenters. The molecule has 0 aliphatic carbocycles. The molecule has 0 aliphatic heterocycles. The summed E-state index contributed by atoms with van der Waals surface area (Å²) >= 11 is 6.05. The maximum Gasteiger partial charge on any atom is 0.142 e. The summed E-state index contributed by atoms with van der Waals surface area (Å²) < 4.78 is 13.5. The number of rotatable bonds is 7. The number of hydrogen-bond acceptors (Lipinski definition) is 1. The molecule has 2 atom stereocenters. The van der Waals surface area contributed by atoms with Gasteiger partial charge in [0.25, 0.3) is 0 Å². The van der Waals surface area contributed by atoms with Gasteiger partial charge in [-0.15, -0.1) is 0 Å². The Morgan fingerprint density at radius 3 is 2.53 bits per heavy atom. The van der Waals surface area contributed by atoms with Gasteiger partial charge in [-0.25, -0.2) is 4.39 Å². The third-order valence-electron chi connectivity index (χ3n) is 3.81. The van der Waals surface area contributed by atoms with Crippen molar-refractivity contribution < 1.29 is 4.39 Å². The summed E-state index contributed by atoms with van der Waals surface area (Å²) in [5.41, 5.74) is 0.891. The quantitative estimate of drug-likeness (QED) is 0.767. The van der Waals surface area contributed by atoms with E-state index >= 15 is 0 Å². The second-order valence-corrected chi connectivity index (χ2v) is 5.96. The van der Waals surface area contributed by atoms with Crippen LogP contribution in [0.3, 0.4) is 0 Å². The van der Waals surface area contributed by atoms with Crippen molar-refractivity contribution in [2.24, 2.45) is 11.8 Å². The lowest BCUT2D eigenvalue weighted by molar-refractivity contribution is 0.297. The molecule has 0 radical (unpaired) electrons. The van der Waals surface area contributed by atoms with E-state index in [1.54, 1.807) is 6.07 Å². The Morgan fingerprint density at radius 1 is 1.26 bits per heavy atom. The molecule has 108 valence electrons. The highest BCUT2D eigenvalue weighted by Gasteiger charge is 2.21. The van der Waals surface area contributed by atoms with E-state index in [1.165, 1.54) is 6.07 Å². The first-order chi connectivity index (χ1) is 8.97. The Hall–Kier alpha value is -0.600. The summed E-state index contributed by atoms with van der Waals surface area (Å²) in [4.78, 5) is 0. The lowest BCUT2D eigenvalue weighted by Gasteiger charge is -2.28. The van der Waals surface area contributed by atoms with Crippen LogP contribution in [0.5, 0.6) is 0 Å². The summed E-state index contributed by atoms with van der Waals surface area (Å²) in [5.74, 6) is 0.776. The first-order valence-electron chi connectivity index (χ1n) is 7.13. The van der Waals surface area contributed by atoms with Crippen molar-refractivity contribution in [3.05, 3.63) is 34.6 Å². The highest BCUT2D eigenvalue weighted by Crippen LogP contribution is 2.24. The van der Waals surface area contributed by atoms with Crippen molar-refractivity contribution >= 4 is 11.6 Å². The molecule has 0 fully saturated rings. The zero-order chi connectivity index (χ0) is 14.4. The minimum atomic E-state index is -0.328. The van der Waals surface area contributed by atoms with Gasteiger partial charge in [-0.05, 0) is 42.9 Å². The molecule has 1 rings (SSSR count). The van der Waals surface area contributed by atoms with Crippen LogP contribution in [0.1, 0.15) is 39.7 Å². The third kappa shape index (κ3) is 4.77. The largest absolute Gasteiger partial charge is 0.313 e. The van der Waals surface area contributed by atoms with Gasteiger partial charge in [-0.1, -0.05) is 51.4 Å². The second kappa shape index (κ2) is 7.86.